The molecule has 21 heavy (non-hydrogen) atoms. The zero-order valence-electron chi connectivity index (χ0n) is 12.7. The van der Waals surface area contributed by atoms with Crippen LogP contribution >= 0.6 is 0 Å². The van der Waals surface area contributed by atoms with E-state index in [9.17, 15) is 4.79 Å². The molecule has 6 heteroatoms. The molecule has 0 aliphatic heterocycles. The Morgan fingerprint density at radius 1 is 1.43 bits per heavy atom. The number of nitrogens with zero attached hydrogens (tertiary/aromatic N) is 2. The fraction of sp³-hybridized carbons (Fsp3) is 0.800. The van der Waals surface area contributed by atoms with Crippen molar-refractivity contribution in [2.45, 2.75) is 70.3 Å². The second-order valence-electron chi connectivity index (χ2n) is 5.70. The van der Waals surface area contributed by atoms with E-state index in [-0.39, 0.29) is 18.6 Å². The number of hydrogen-bond acceptors (Lipinski definition) is 5. The predicted octanol–water partition coefficient (Wildman–Crippen LogP) is 1.94. The van der Waals surface area contributed by atoms with E-state index in [1.165, 1.54) is 12.8 Å². The van der Waals surface area contributed by atoms with Gasteiger partial charge in [0.05, 0.1) is 0 Å². The summed E-state index contributed by atoms with van der Waals surface area (Å²) < 4.78 is 5.65. The maximum absolute atomic E-state index is 11.8. The summed E-state index contributed by atoms with van der Waals surface area (Å²) in [4.78, 5) is 11.8. The van der Waals surface area contributed by atoms with Crippen LogP contribution in [0.25, 0.3) is 0 Å². The molecule has 0 spiro atoms. The highest BCUT2D eigenvalue weighted by Gasteiger charge is 2.22. The number of nitrogens with one attached hydrogen (secondary N) is 1. The Morgan fingerprint density at radius 2 is 2.19 bits per heavy atom. The van der Waals surface area contributed by atoms with E-state index in [0.717, 1.165) is 25.2 Å². The third-order valence-corrected chi connectivity index (χ3v) is 4.09. The van der Waals surface area contributed by atoms with Gasteiger partial charge in [-0.25, -0.2) is 0 Å². The molecule has 2 rings (SSSR count). The molecule has 1 heterocycles. The number of aliphatic hydroxyl groups excluding tert-OH is 1. The first-order valence-electron chi connectivity index (χ1n) is 7.95. The number of hydrogen-bond donors (Lipinski definition) is 2. The van der Waals surface area contributed by atoms with E-state index in [1.54, 1.807) is 0 Å². The first kappa shape index (κ1) is 15.9. The van der Waals surface area contributed by atoms with Crippen LogP contribution in [-0.4, -0.2) is 33.9 Å². The molecule has 1 aromatic rings. The molecule has 0 saturated heterocycles. The smallest absolute Gasteiger partial charge is 0.220 e. The second-order valence-corrected chi connectivity index (χ2v) is 5.70. The summed E-state index contributed by atoms with van der Waals surface area (Å²) in [5, 5.41) is 20.0. The summed E-state index contributed by atoms with van der Waals surface area (Å²) >= 11 is 0. The van der Waals surface area contributed by atoms with Crippen molar-refractivity contribution in [2.24, 2.45) is 0 Å². The van der Waals surface area contributed by atoms with Crippen LogP contribution in [0.2, 0.25) is 0 Å². The van der Waals surface area contributed by atoms with Gasteiger partial charge in [-0.2, -0.15) is 0 Å². The molecule has 6 nitrogen and oxygen atoms in total. The van der Waals surface area contributed by atoms with Gasteiger partial charge >= 0.3 is 0 Å². The van der Waals surface area contributed by atoms with Crippen LogP contribution in [0.5, 0.6) is 0 Å². The predicted molar refractivity (Wildman–Crippen MR) is 77.8 cm³/mol. The molecular weight excluding hydrogens is 270 g/mol. The first-order valence-corrected chi connectivity index (χ1v) is 7.95. The van der Waals surface area contributed by atoms with Crippen molar-refractivity contribution in [3.63, 3.8) is 0 Å². The van der Waals surface area contributed by atoms with Crippen molar-refractivity contribution in [1.82, 2.24) is 15.5 Å². The van der Waals surface area contributed by atoms with Gasteiger partial charge in [-0.05, 0) is 25.7 Å². The SMILES string of the molecule is CCC(CCO)NC(=O)CCc1nnc(C2CCCC2)o1. The van der Waals surface area contributed by atoms with Crippen molar-refractivity contribution in [1.29, 1.82) is 0 Å². The fourth-order valence-electron chi connectivity index (χ4n) is 2.76. The van der Waals surface area contributed by atoms with Gasteiger partial charge in [-0.15, -0.1) is 10.2 Å². The van der Waals surface area contributed by atoms with Crippen LogP contribution in [0.1, 0.15) is 69.6 Å². The number of aryl methyl sites for hydroxylation is 1. The summed E-state index contributed by atoms with van der Waals surface area (Å²) in [5.74, 6) is 1.65. The lowest BCUT2D eigenvalue weighted by molar-refractivity contribution is -0.121. The highest BCUT2D eigenvalue weighted by atomic mass is 16.4. The molecule has 118 valence electrons. The van der Waals surface area contributed by atoms with Crippen molar-refractivity contribution < 1.29 is 14.3 Å². The minimum Gasteiger partial charge on any atom is -0.425 e. The molecule has 1 fully saturated rings. The number of aromatic nitrogens is 2. The van der Waals surface area contributed by atoms with Crippen LogP contribution in [0, 0.1) is 0 Å². The Hall–Kier alpha value is -1.43. The molecule has 1 amide bonds. The van der Waals surface area contributed by atoms with Crippen LogP contribution in [-0.2, 0) is 11.2 Å². The summed E-state index contributed by atoms with van der Waals surface area (Å²) in [6.45, 7) is 2.08. The maximum Gasteiger partial charge on any atom is 0.220 e. The van der Waals surface area contributed by atoms with Crippen molar-refractivity contribution in [2.75, 3.05) is 6.61 Å². The third-order valence-electron chi connectivity index (χ3n) is 4.09. The minimum absolute atomic E-state index is 0.0316. The third kappa shape index (κ3) is 4.81. The number of carbonyl (C=O) groups is 1. The molecule has 0 aromatic carbocycles. The van der Waals surface area contributed by atoms with E-state index < -0.39 is 0 Å². The van der Waals surface area contributed by atoms with Gasteiger partial charge in [0.1, 0.15) is 0 Å². The highest BCUT2D eigenvalue weighted by Crippen LogP contribution is 2.33. The fourth-order valence-corrected chi connectivity index (χ4v) is 2.76. The summed E-state index contributed by atoms with van der Waals surface area (Å²) in [7, 11) is 0. The standard InChI is InChI=1S/C15H25N3O3/c1-2-12(9-10-19)16-13(20)7-8-14-17-18-15(21-14)11-5-3-4-6-11/h11-12,19H,2-10H2,1H3,(H,16,20). The number of aliphatic hydroxyl groups is 1. The largest absolute Gasteiger partial charge is 0.425 e. The second kappa shape index (κ2) is 8.12. The highest BCUT2D eigenvalue weighted by molar-refractivity contribution is 5.76. The zero-order chi connectivity index (χ0) is 15.1. The molecule has 0 radical (unpaired) electrons. The molecule has 2 N–H and O–H groups in total. The maximum atomic E-state index is 11.8. The number of rotatable bonds is 8. The Balaban J connectivity index is 1.75. The average molecular weight is 295 g/mol. The van der Waals surface area contributed by atoms with Crippen LogP contribution in [0.3, 0.4) is 0 Å². The van der Waals surface area contributed by atoms with Gasteiger partial charge in [0, 0.05) is 31.4 Å². The average Bonchev–Trinajstić information content (AvgIpc) is 3.15. The van der Waals surface area contributed by atoms with Gasteiger partial charge in [-0.1, -0.05) is 19.8 Å². The summed E-state index contributed by atoms with van der Waals surface area (Å²) in [6.07, 6.45) is 6.94. The monoisotopic (exact) mass is 295 g/mol. The Bertz CT molecular complexity index is 441. The van der Waals surface area contributed by atoms with Gasteiger partial charge in [0.25, 0.3) is 0 Å². The molecule has 1 unspecified atom stereocenters. The van der Waals surface area contributed by atoms with Crippen molar-refractivity contribution in [3.8, 4) is 0 Å². The minimum atomic E-state index is -0.0316. The van der Waals surface area contributed by atoms with E-state index in [2.05, 4.69) is 15.5 Å². The lowest BCUT2D eigenvalue weighted by atomic mass is 10.1. The molecule has 1 aliphatic carbocycles. The van der Waals surface area contributed by atoms with E-state index in [0.29, 0.717) is 31.1 Å². The van der Waals surface area contributed by atoms with E-state index in [4.69, 9.17) is 9.52 Å². The Morgan fingerprint density at radius 3 is 2.86 bits per heavy atom. The van der Waals surface area contributed by atoms with Crippen LogP contribution in [0.15, 0.2) is 4.42 Å². The van der Waals surface area contributed by atoms with Crippen molar-refractivity contribution >= 4 is 5.91 Å². The zero-order valence-corrected chi connectivity index (χ0v) is 12.7. The normalized spacial score (nSPS) is 17.0. The summed E-state index contributed by atoms with van der Waals surface area (Å²) in [6, 6.07) is 0.0410. The van der Waals surface area contributed by atoms with Crippen LogP contribution < -0.4 is 5.32 Å². The van der Waals surface area contributed by atoms with E-state index in [1.807, 2.05) is 6.92 Å². The first-order chi connectivity index (χ1) is 10.2. The lowest BCUT2D eigenvalue weighted by Gasteiger charge is -2.15. The van der Waals surface area contributed by atoms with Gasteiger partial charge in [0.2, 0.25) is 17.7 Å². The molecule has 1 aromatic heterocycles. The molecule has 0 bridgehead atoms. The summed E-state index contributed by atoms with van der Waals surface area (Å²) in [5.41, 5.74) is 0. The van der Waals surface area contributed by atoms with Gasteiger partial charge < -0.3 is 14.8 Å². The molecule has 1 saturated carbocycles. The number of amides is 1. The lowest BCUT2D eigenvalue weighted by Crippen LogP contribution is -2.35. The Kier molecular flexibility index (Phi) is 6.17. The van der Waals surface area contributed by atoms with Gasteiger partial charge in [-0.3, -0.25) is 4.79 Å². The topological polar surface area (TPSA) is 88.2 Å². The van der Waals surface area contributed by atoms with E-state index >= 15 is 0 Å². The van der Waals surface area contributed by atoms with Gasteiger partial charge in [0.15, 0.2) is 0 Å². The molecule has 1 aliphatic rings. The Labute approximate surface area is 125 Å². The van der Waals surface area contributed by atoms with Crippen LogP contribution in [0.4, 0.5) is 0 Å². The number of carbonyl (C=O) groups excluding carboxylic acids is 1. The quantitative estimate of drug-likeness (QED) is 0.765. The molecular formula is C15H25N3O3. The van der Waals surface area contributed by atoms with Crippen molar-refractivity contribution in [3.05, 3.63) is 11.8 Å². The molecule has 1 atom stereocenters.